The van der Waals surface area contributed by atoms with Crippen LogP contribution in [-0.4, -0.2) is 24.3 Å². The molecular weight excluding hydrogens is 422 g/mol. The average molecular weight is 436 g/mol. The lowest BCUT2D eigenvalue weighted by Crippen LogP contribution is -2.54. The lowest BCUT2D eigenvalue weighted by molar-refractivity contribution is 0.0947. The van der Waals surface area contributed by atoms with Crippen molar-refractivity contribution < 1.29 is 13.2 Å². The Hall–Kier alpha value is -3.41. The van der Waals surface area contributed by atoms with Gasteiger partial charge in [0.1, 0.15) is 0 Å². The van der Waals surface area contributed by atoms with Crippen LogP contribution in [0.3, 0.4) is 0 Å². The Kier molecular flexibility index (Phi) is 5.82. The number of aromatic nitrogens is 2. The zero-order valence-corrected chi connectivity index (χ0v) is 16.1. The number of hydrogen-bond acceptors (Lipinski definition) is 6. The zero-order chi connectivity index (χ0) is 21.0. The number of aromatic amines is 2. The van der Waals surface area contributed by atoms with E-state index in [1.54, 1.807) is 30.3 Å². The number of amides is 1. The standard InChI is InChI=1S/C17H14ClN5O5S/c18-12-8-4-5-9-13(12)23(21-15(24)11-6-2-1-3-7-11)22-29(27,28)14-10-19-17(26)20-16(14)25/h1-10,22H,(H,21,24)(H2,19,20,25,26). The second-order valence-electron chi connectivity index (χ2n) is 5.62. The van der Waals surface area contributed by atoms with E-state index in [4.69, 9.17) is 11.6 Å². The van der Waals surface area contributed by atoms with E-state index in [1.165, 1.54) is 24.3 Å². The van der Waals surface area contributed by atoms with Crippen LogP contribution in [0.2, 0.25) is 5.02 Å². The quantitative estimate of drug-likeness (QED) is 0.421. The molecule has 29 heavy (non-hydrogen) atoms. The third kappa shape index (κ3) is 4.71. The molecule has 0 atom stereocenters. The molecule has 0 bridgehead atoms. The number of nitrogens with one attached hydrogen (secondary N) is 4. The summed E-state index contributed by atoms with van der Waals surface area (Å²) in [6.45, 7) is 0. The van der Waals surface area contributed by atoms with Crippen molar-refractivity contribution in [2.24, 2.45) is 0 Å². The van der Waals surface area contributed by atoms with Crippen molar-refractivity contribution in [3.63, 3.8) is 0 Å². The number of nitrogens with zero attached hydrogens (tertiary/aromatic N) is 1. The minimum absolute atomic E-state index is 0.0999. The Morgan fingerprint density at radius 2 is 1.66 bits per heavy atom. The molecule has 0 radical (unpaired) electrons. The minimum atomic E-state index is -4.51. The number of sulfonamides is 1. The average Bonchev–Trinajstić information content (AvgIpc) is 2.68. The molecule has 4 N–H and O–H groups in total. The van der Waals surface area contributed by atoms with Crippen LogP contribution in [-0.2, 0) is 10.0 Å². The van der Waals surface area contributed by atoms with E-state index in [-0.39, 0.29) is 16.3 Å². The molecule has 0 fully saturated rings. The minimum Gasteiger partial charge on any atom is -0.313 e. The van der Waals surface area contributed by atoms with Crippen LogP contribution in [0.15, 0.2) is 75.3 Å². The maximum atomic E-state index is 12.7. The number of rotatable bonds is 6. The van der Waals surface area contributed by atoms with Crippen LogP contribution in [0.25, 0.3) is 0 Å². The predicted molar refractivity (Wildman–Crippen MR) is 106 cm³/mol. The number of H-pyrrole nitrogens is 2. The van der Waals surface area contributed by atoms with Gasteiger partial charge in [-0.1, -0.05) is 41.9 Å². The summed E-state index contributed by atoms with van der Waals surface area (Å²) in [5.74, 6) is -0.636. The largest absolute Gasteiger partial charge is 0.325 e. The maximum absolute atomic E-state index is 12.7. The zero-order valence-electron chi connectivity index (χ0n) is 14.5. The van der Waals surface area contributed by atoms with Crippen LogP contribution in [0, 0.1) is 0 Å². The SMILES string of the molecule is O=C(NN(NS(=O)(=O)c1c[nH]c(=O)[nH]c1=O)c1ccccc1Cl)c1ccccc1. The molecule has 0 unspecified atom stereocenters. The van der Waals surface area contributed by atoms with Crippen molar-refractivity contribution in [3.8, 4) is 0 Å². The summed E-state index contributed by atoms with van der Waals surface area (Å²) >= 11 is 6.13. The molecule has 3 rings (SSSR count). The van der Waals surface area contributed by atoms with E-state index < -0.39 is 32.1 Å². The topological polar surface area (TPSA) is 144 Å². The van der Waals surface area contributed by atoms with Gasteiger partial charge in [0.05, 0.1) is 10.7 Å². The second kappa shape index (κ2) is 8.31. The predicted octanol–water partition coefficient (Wildman–Crippen LogP) is 0.761. The normalized spacial score (nSPS) is 11.1. The number of hydrazine groups is 2. The lowest BCUT2D eigenvalue weighted by atomic mass is 10.2. The van der Waals surface area contributed by atoms with Gasteiger partial charge in [0.25, 0.3) is 21.5 Å². The third-order valence-corrected chi connectivity index (χ3v) is 5.25. The van der Waals surface area contributed by atoms with Crippen molar-refractivity contribution in [3.05, 3.63) is 92.2 Å². The first-order valence-electron chi connectivity index (χ1n) is 8.03. The molecule has 3 aromatic rings. The Morgan fingerprint density at radius 1 is 1.00 bits per heavy atom. The first kappa shape index (κ1) is 20.3. The molecule has 0 aliphatic rings. The van der Waals surface area contributed by atoms with Crippen molar-refractivity contribution >= 4 is 33.2 Å². The van der Waals surface area contributed by atoms with Gasteiger partial charge >= 0.3 is 5.69 Å². The first-order valence-corrected chi connectivity index (χ1v) is 9.89. The Labute approximate surface area is 169 Å². The van der Waals surface area contributed by atoms with Gasteiger partial charge in [-0.2, -0.15) is 0 Å². The van der Waals surface area contributed by atoms with Crippen molar-refractivity contribution in [2.45, 2.75) is 4.90 Å². The van der Waals surface area contributed by atoms with E-state index in [9.17, 15) is 22.8 Å². The third-order valence-electron chi connectivity index (χ3n) is 3.63. The Bertz CT molecular complexity index is 1260. The molecule has 1 amide bonds. The monoisotopic (exact) mass is 435 g/mol. The number of carbonyl (C=O) groups excluding carboxylic acids is 1. The van der Waals surface area contributed by atoms with Crippen molar-refractivity contribution in [1.82, 2.24) is 20.2 Å². The maximum Gasteiger partial charge on any atom is 0.325 e. The highest BCUT2D eigenvalue weighted by Crippen LogP contribution is 2.23. The number of anilines is 1. The number of para-hydroxylation sites is 1. The Morgan fingerprint density at radius 3 is 2.31 bits per heavy atom. The second-order valence-corrected chi connectivity index (χ2v) is 7.66. The summed E-state index contributed by atoms with van der Waals surface area (Å²) in [5, 5.41) is 0.899. The van der Waals surface area contributed by atoms with Crippen molar-refractivity contribution in [2.75, 3.05) is 5.12 Å². The van der Waals surface area contributed by atoms with Crippen LogP contribution >= 0.6 is 11.6 Å². The highest BCUT2D eigenvalue weighted by molar-refractivity contribution is 7.89. The summed E-state index contributed by atoms with van der Waals surface area (Å²) in [6.07, 6.45) is 0.743. The smallest absolute Gasteiger partial charge is 0.313 e. The number of halogens is 1. The van der Waals surface area contributed by atoms with E-state index in [0.29, 0.717) is 0 Å². The molecule has 150 valence electrons. The van der Waals surface area contributed by atoms with Gasteiger partial charge in [-0.05, 0) is 24.3 Å². The number of benzene rings is 2. The number of carbonyl (C=O) groups is 1. The molecule has 10 nitrogen and oxygen atoms in total. The molecule has 12 heteroatoms. The van der Waals surface area contributed by atoms with Gasteiger partial charge in [-0.3, -0.25) is 14.6 Å². The molecule has 1 heterocycles. The molecule has 1 aromatic heterocycles. The van der Waals surface area contributed by atoms with Gasteiger partial charge in [-0.25, -0.2) is 23.8 Å². The Balaban J connectivity index is 1.99. The van der Waals surface area contributed by atoms with Gasteiger partial charge < -0.3 is 4.98 Å². The van der Waals surface area contributed by atoms with E-state index in [1.807, 2.05) is 4.98 Å². The van der Waals surface area contributed by atoms with Gasteiger partial charge in [0.15, 0.2) is 4.90 Å². The highest BCUT2D eigenvalue weighted by Gasteiger charge is 2.25. The van der Waals surface area contributed by atoms with Gasteiger partial charge in [-0.15, -0.1) is 4.83 Å². The molecule has 0 aliphatic carbocycles. The molecule has 0 saturated heterocycles. The van der Waals surface area contributed by atoms with Crippen LogP contribution in [0.1, 0.15) is 10.4 Å². The molecule has 0 spiro atoms. The fourth-order valence-corrected chi connectivity index (χ4v) is 3.50. The van der Waals surface area contributed by atoms with E-state index in [2.05, 4.69) is 15.2 Å². The summed E-state index contributed by atoms with van der Waals surface area (Å²) in [4.78, 5) is 40.8. The summed E-state index contributed by atoms with van der Waals surface area (Å²) in [7, 11) is -4.51. The van der Waals surface area contributed by atoms with Gasteiger partial charge in [0.2, 0.25) is 0 Å². The molecule has 0 saturated carbocycles. The highest BCUT2D eigenvalue weighted by atomic mass is 35.5. The summed E-state index contributed by atoms with van der Waals surface area (Å²) in [5.41, 5.74) is 0.741. The summed E-state index contributed by atoms with van der Waals surface area (Å²) in [6, 6.07) is 14.2. The fraction of sp³-hybridized carbons (Fsp3) is 0. The molecular formula is C17H14ClN5O5S. The first-order chi connectivity index (χ1) is 13.8. The van der Waals surface area contributed by atoms with Gasteiger partial charge in [0, 0.05) is 11.8 Å². The summed E-state index contributed by atoms with van der Waals surface area (Å²) < 4.78 is 25.4. The van der Waals surface area contributed by atoms with E-state index >= 15 is 0 Å². The van der Waals surface area contributed by atoms with Crippen LogP contribution < -0.4 is 26.6 Å². The van der Waals surface area contributed by atoms with Crippen LogP contribution in [0.5, 0.6) is 0 Å². The van der Waals surface area contributed by atoms with Crippen molar-refractivity contribution in [1.29, 1.82) is 0 Å². The number of hydrogen-bond donors (Lipinski definition) is 4. The van der Waals surface area contributed by atoms with E-state index in [0.717, 1.165) is 11.3 Å². The van der Waals surface area contributed by atoms with Crippen LogP contribution in [0.4, 0.5) is 5.69 Å². The molecule has 2 aromatic carbocycles. The molecule has 0 aliphatic heterocycles. The lowest BCUT2D eigenvalue weighted by Gasteiger charge is -2.26. The fourth-order valence-electron chi connectivity index (χ4n) is 2.29.